The predicted octanol–water partition coefficient (Wildman–Crippen LogP) is 1.44. The summed E-state index contributed by atoms with van der Waals surface area (Å²) in [7, 11) is 2.02. The van der Waals surface area contributed by atoms with Crippen molar-refractivity contribution < 1.29 is 9.53 Å². The van der Waals surface area contributed by atoms with Crippen LogP contribution in [0.2, 0.25) is 0 Å². The highest BCUT2D eigenvalue weighted by molar-refractivity contribution is 5.98. The van der Waals surface area contributed by atoms with Crippen molar-refractivity contribution in [3.8, 4) is 5.75 Å². The van der Waals surface area contributed by atoms with E-state index in [0.29, 0.717) is 12.5 Å². The Bertz CT molecular complexity index is 476. The first-order chi connectivity index (χ1) is 9.01. The Balaban J connectivity index is 2.17. The van der Waals surface area contributed by atoms with Gasteiger partial charge in [0.15, 0.2) is 6.10 Å². The minimum absolute atomic E-state index is 0.109. The molecule has 5 heteroatoms. The van der Waals surface area contributed by atoms with E-state index in [1.54, 1.807) is 6.92 Å². The number of nitrogens with one attached hydrogen (secondary N) is 1. The number of hydrogen-bond acceptors (Lipinski definition) is 4. The summed E-state index contributed by atoms with van der Waals surface area (Å²) in [6.45, 7) is 5.38. The predicted molar refractivity (Wildman–Crippen MR) is 76.7 cm³/mol. The number of anilines is 2. The van der Waals surface area contributed by atoms with E-state index < -0.39 is 6.10 Å². The van der Waals surface area contributed by atoms with Crippen LogP contribution in [0.4, 0.5) is 11.4 Å². The maximum absolute atomic E-state index is 11.6. The lowest BCUT2D eigenvalue weighted by Crippen LogP contribution is -2.34. The molecule has 0 fully saturated rings. The van der Waals surface area contributed by atoms with Crippen molar-refractivity contribution in [2.45, 2.75) is 20.0 Å². The quantitative estimate of drug-likeness (QED) is 0.862. The van der Waals surface area contributed by atoms with E-state index in [9.17, 15) is 4.79 Å². The van der Waals surface area contributed by atoms with Gasteiger partial charge in [-0.15, -0.1) is 0 Å². The van der Waals surface area contributed by atoms with E-state index in [1.807, 2.05) is 25.2 Å². The van der Waals surface area contributed by atoms with Gasteiger partial charge in [0, 0.05) is 19.3 Å². The van der Waals surface area contributed by atoms with Crippen molar-refractivity contribution in [1.29, 1.82) is 0 Å². The van der Waals surface area contributed by atoms with E-state index in [2.05, 4.69) is 17.1 Å². The Morgan fingerprint density at radius 3 is 2.95 bits per heavy atom. The first kappa shape index (κ1) is 13.7. The second-order valence-electron chi connectivity index (χ2n) is 5.15. The number of hydrogen-bond donors (Lipinski definition) is 2. The third kappa shape index (κ3) is 2.98. The largest absolute Gasteiger partial charge is 0.479 e. The van der Waals surface area contributed by atoms with Gasteiger partial charge < -0.3 is 20.7 Å². The lowest BCUT2D eigenvalue weighted by molar-refractivity contribution is -0.122. The SMILES string of the molecule is CC(CN)CN(C)c1ccc2c(c1)NC(=O)C(C)O2. The summed E-state index contributed by atoms with van der Waals surface area (Å²) in [6.07, 6.45) is -0.437. The van der Waals surface area contributed by atoms with Gasteiger partial charge in [-0.25, -0.2) is 0 Å². The van der Waals surface area contributed by atoms with Crippen molar-refractivity contribution in [2.24, 2.45) is 11.7 Å². The van der Waals surface area contributed by atoms with Gasteiger partial charge in [-0.1, -0.05) is 6.92 Å². The number of fused-ring (bicyclic) bond motifs is 1. The summed E-state index contributed by atoms with van der Waals surface area (Å²) < 4.78 is 5.53. The molecular weight excluding hydrogens is 242 g/mol. The zero-order valence-electron chi connectivity index (χ0n) is 11.6. The van der Waals surface area contributed by atoms with Crippen molar-refractivity contribution in [3.05, 3.63) is 18.2 Å². The van der Waals surface area contributed by atoms with E-state index >= 15 is 0 Å². The highest BCUT2D eigenvalue weighted by atomic mass is 16.5. The van der Waals surface area contributed by atoms with Crippen LogP contribution in [0.25, 0.3) is 0 Å². The van der Waals surface area contributed by atoms with Crippen LogP contribution in [0.5, 0.6) is 5.75 Å². The van der Waals surface area contributed by atoms with Crippen LogP contribution in [0.15, 0.2) is 18.2 Å². The first-order valence-electron chi connectivity index (χ1n) is 6.54. The van der Waals surface area contributed by atoms with Gasteiger partial charge in [0.25, 0.3) is 5.91 Å². The molecule has 0 aromatic heterocycles. The maximum atomic E-state index is 11.6. The van der Waals surface area contributed by atoms with E-state index in [1.165, 1.54) is 0 Å². The van der Waals surface area contributed by atoms with Gasteiger partial charge in [0.05, 0.1) is 5.69 Å². The Kier molecular flexibility index (Phi) is 3.95. The summed E-state index contributed by atoms with van der Waals surface area (Å²) in [5.74, 6) is 1.03. The summed E-state index contributed by atoms with van der Waals surface area (Å²) in [5.41, 5.74) is 7.41. The average molecular weight is 263 g/mol. The molecule has 104 valence electrons. The minimum Gasteiger partial charge on any atom is -0.479 e. The normalized spacial score (nSPS) is 19.2. The van der Waals surface area contributed by atoms with Gasteiger partial charge in [-0.3, -0.25) is 4.79 Å². The molecule has 2 atom stereocenters. The number of rotatable bonds is 4. The third-order valence-electron chi connectivity index (χ3n) is 3.32. The van der Waals surface area contributed by atoms with Crippen molar-refractivity contribution in [3.63, 3.8) is 0 Å². The van der Waals surface area contributed by atoms with Gasteiger partial charge in [-0.05, 0) is 37.6 Å². The maximum Gasteiger partial charge on any atom is 0.265 e. The fourth-order valence-corrected chi connectivity index (χ4v) is 2.08. The molecule has 1 aromatic rings. The van der Waals surface area contributed by atoms with Crippen LogP contribution in [0.1, 0.15) is 13.8 Å². The molecular formula is C14H21N3O2. The minimum atomic E-state index is -0.437. The van der Waals surface area contributed by atoms with Crippen LogP contribution in [0, 0.1) is 5.92 Å². The number of benzene rings is 1. The fourth-order valence-electron chi connectivity index (χ4n) is 2.08. The summed E-state index contributed by atoms with van der Waals surface area (Å²) in [4.78, 5) is 13.7. The Morgan fingerprint density at radius 2 is 2.26 bits per heavy atom. The lowest BCUT2D eigenvalue weighted by atomic mass is 10.1. The lowest BCUT2D eigenvalue weighted by Gasteiger charge is -2.27. The molecule has 0 radical (unpaired) electrons. The van der Waals surface area contributed by atoms with Gasteiger partial charge in [-0.2, -0.15) is 0 Å². The summed E-state index contributed by atoms with van der Waals surface area (Å²) >= 11 is 0. The van der Waals surface area contributed by atoms with Crippen LogP contribution in [-0.4, -0.2) is 32.1 Å². The van der Waals surface area contributed by atoms with Crippen molar-refractivity contribution in [2.75, 3.05) is 30.4 Å². The van der Waals surface area contributed by atoms with Crippen molar-refractivity contribution >= 4 is 17.3 Å². The molecule has 1 heterocycles. The first-order valence-corrected chi connectivity index (χ1v) is 6.54. The number of carbonyl (C=O) groups excluding carboxylic acids is 1. The van der Waals surface area contributed by atoms with Gasteiger partial charge in [0.1, 0.15) is 5.75 Å². The molecule has 1 aliphatic rings. The standard InChI is InChI=1S/C14H21N3O2/c1-9(7-15)8-17(3)11-4-5-13-12(6-11)16-14(18)10(2)19-13/h4-6,9-10H,7-8,15H2,1-3H3,(H,16,18). The van der Waals surface area contributed by atoms with E-state index in [0.717, 1.165) is 23.7 Å². The Hall–Kier alpha value is -1.75. The van der Waals surface area contributed by atoms with Crippen LogP contribution >= 0.6 is 0 Å². The number of amides is 1. The zero-order chi connectivity index (χ0) is 14.0. The highest BCUT2D eigenvalue weighted by Crippen LogP contribution is 2.33. The molecule has 19 heavy (non-hydrogen) atoms. The molecule has 0 saturated carbocycles. The Morgan fingerprint density at radius 1 is 1.53 bits per heavy atom. The molecule has 0 bridgehead atoms. The second-order valence-corrected chi connectivity index (χ2v) is 5.15. The van der Waals surface area contributed by atoms with Crippen LogP contribution in [-0.2, 0) is 4.79 Å². The van der Waals surface area contributed by atoms with Crippen molar-refractivity contribution in [1.82, 2.24) is 0 Å². The molecule has 5 nitrogen and oxygen atoms in total. The Labute approximate surface area is 113 Å². The summed E-state index contributed by atoms with van der Waals surface area (Å²) in [6, 6.07) is 5.82. The van der Waals surface area contributed by atoms with Gasteiger partial charge >= 0.3 is 0 Å². The van der Waals surface area contributed by atoms with E-state index in [-0.39, 0.29) is 5.91 Å². The zero-order valence-corrected chi connectivity index (χ0v) is 11.6. The van der Waals surface area contributed by atoms with Crippen LogP contribution in [0.3, 0.4) is 0 Å². The topological polar surface area (TPSA) is 67.6 Å². The molecule has 0 spiro atoms. The molecule has 0 aliphatic carbocycles. The molecule has 2 rings (SSSR count). The second kappa shape index (κ2) is 5.48. The molecule has 0 saturated heterocycles. The van der Waals surface area contributed by atoms with E-state index in [4.69, 9.17) is 10.5 Å². The highest BCUT2D eigenvalue weighted by Gasteiger charge is 2.23. The molecule has 1 aromatic carbocycles. The van der Waals surface area contributed by atoms with Crippen LogP contribution < -0.4 is 20.7 Å². The summed E-state index contributed by atoms with van der Waals surface area (Å²) in [5, 5.41) is 2.86. The number of ether oxygens (including phenoxy) is 1. The molecule has 1 amide bonds. The third-order valence-corrected chi connectivity index (χ3v) is 3.32. The monoisotopic (exact) mass is 263 g/mol. The number of nitrogens with zero attached hydrogens (tertiary/aromatic N) is 1. The number of carbonyl (C=O) groups is 1. The molecule has 3 N–H and O–H groups in total. The molecule has 2 unspecified atom stereocenters. The smallest absolute Gasteiger partial charge is 0.265 e. The van der Waals surface area contributed by atoms with Gasteiger partial charge in [0.2, 0.25) is 0 Å². The molecule has 1 aliphatic heterocycles. The average Bonchev–Trinajstić information content (AvgIpc) is 2.39. The number of nitrogens with two attached hydrogens (primary N) is 1. The fraction of sp³-hybridized carbons (Fsp3) is 0.500.